The fourth-order valence-corrected chi connectivity index (χ4v) is 2.88. The van der Waals surface area contributed by atoms with Crippen molar-refractivity contribution in [3.63, 3.8) is 0 Å². The molecule has 8 heteroatoms. The standard InChI is InChI=1S/C17H21Cl2N3O3/c1-11(23)21-6-8-22(9-7-21)16(25)17(2,3)15(24)20-12-4-5-13(18)14(19)10-12/h4-5,10H,6-9H2,1-3H3,(H,20,24). The Labute approximate surface area is 157 Å². The van der Waals surface area contributed by atoms with Crippen LogP contribution in [0.15, 0.2) is 18.2 Å². The fraction of sp³-hybridized carbons (Fsp3) is 0.471. The Bertz CT molecular complexity index is 698. The van der Waals surface area contributed by atoms with E-state index in [1.165, 1.54) is 13.0 Å². The summed E-state index contributed by atoms with van der Waals surface area (Å²) >= 11 is 11.8. The maximum absolute atomic E-state index is 12.8. The van der Waals surface area contributed by atoms with Gasteiger partial charge < -0.3 is 15.1 Å². The van der Waals surface area contributed by atoms with Gasteiger partial charge in [-0.15, -0.1) is 0 Å². The summed E-state index contributed by atoms with van der Waals surface area (Å²) in [6.45, 7) is 6.46. The van der Waals surface area contributed by atoms with E-state index >= 15 is 0 Å². The van der Waals surface area contributed by atoms with E-state index in [2.05, 4.69) is 5.32 Å². The molecule has 0 unspecified atom stereocenters. The molecule has 0 aromatic heterocycles. The fourth-order valence-electron chi connectivity index (χ4n) is 2.58. The molecule has 1 heterocycles. The van der Waals surface area contributed by atoms with Crippen LogP contribution < -0.4 is 5.32 Å². The molecule has 136 valence electrons. The minimum atomic E-state index is -1.25. The first kappa shape index (κ1) is 19.5. The Morgan fingerprint density at radius 2 is 1.56 bits per heavy atom. The zero-order valence-corrected chi connectivity index (χ0v) is 15.9. The van der Waals surface area contributed by atoms with Gasteiger partial charge in [-0.25, -0.2) is 0 Å². The molecule has 1 aliphatic heterocycles. The van der Waals surface area contributed by atoms with Crippen molar-refractivity contribution < 1.29 is 14.4 Å². The zero-order valence-electron chi connectivity index (χ0n) is 14.4. The number of amides is 3. The molecule has 1 aromatic rings. The van der Waals surface area contributed by atoms with E-state index in [1.54, 1.807) is 35.8 Å². The summed E-state index contributed by atoms with van der Waals surface area (Å²) in [4.78, 5) is 40.0. The number of rotatable bonds is 3. The lowest BCUT2D eigenvalue weighted by molar-refractivity contribution is -0.149. The van der Waals surface area contributed by atoms with Crippen LogP contribution in [0.25, 0.3) is 0 Å². The summed E-state index contributed by atoms with van der Waals surface area (Å²) in [7, 11) is 0. The number of carbonyl (C=O) groups excluding carboxylic acids is 3. The average Bonchev–Trinajstić information content (AvgIpc) is 2.57. The number of nitrogens with one attached hydrogen (secondary N) is 1. The molecule has 0 bridgehead atoms. The van der Waals surface area contributed by atoms with Gasteiger partial charge in [0.05, 0.1) is 10.0 Å². The number of halogens is 2. The van der Waals surface area contributed by atoms with Gasteiger partial charge in [0.15, 0.2) is 0 Å². The summed E-state index contributed by atoms with van der Waals surface area (Å²) in [5.74, 6) is -0.707. The molecule has 1 aromatic carbocycles. The van der Waals surface area contributed by atoms with Crippen molar-refractivity contribution in [1.82, 2.24) is 9.80 Å². The molecular weight excluding hydrogens is 365 g/mol. The number of carbonyl (C=O) groups is 3. The predicted octanol–water partition coefficient (Wildman–Crippen LogP) is 2.65. The minimum Gasteiger partial charge on any atom is -0.339 e. The van der Waals surface area contributed by atoms with Crippen LogP contribution in [0.2, 0.25) is 10.0 Å². The van der Waals surface area contributed by atoms with Gasteiger partial charge in [-0.3, -0.25) is 14.4 Å². The van der Waals surface area contributed by atoms with Crippen molar-refractivity contribution in [2.45, 2.75) is 20.8 Å². The zero-order chi connectivity index (χ0) is 18.8. The second kappa shape index (κ2) is 7.62. The van der Waals surface area contributed by atoms with Crippen LogP contribution in [0.5, 0.6) is 0 Å². The lowest BCUT2D eigenvalue weighted by atomic mass is 9.89. The highest BCUT2D eigenvalue weighted by Gasteiger charge is 2.40. The van der Waals surface area contributed by atoms with E-state index in [0.29, 0.717) is 41.9 Å². The first-order valence-corrected chi connectivity index (χ1v) is 8.70. The number of piperazine rings is 1. The third-order valence-corrected chi connectivity index (χ3v) is 5.03. The van der Waals surface area contributed by atoms with Gasteiger partial charge >= 0.3 is 0 Å². The topological polar surface area (TPSA) is 69.7 Å². The van der Waals surface area contributed by atoms with Gasteiger partial charge in [-0.2, -0.15) is 0 Å². The van der Waals surface area contributed by atoms with E-state index < -0.39 is 11.3 Å². The van der Waals surface area contributed by atoms with Crippen LogP contribution in [0.1, 0.15) is 20.8 Å². The highest BCUT2D eigenvalue weighted by molar-refractivity contribution is 6.42. The smallest absolute Gasteiger partial charge is 0.239 e. The van der Waals surface area contributed by atoms with Crippen molar-refractivity contribution >= 4 is 46.6 Å². The van der Waals surface area contributed by atoms with Gasteiger partial charge in [-0.05, 0) is 32.0 Å². The van der Waals surface area contributed by atoms with Crippen molar-refractivity contribution in [2.75, 3.05) is 31.5 Å². The van der Waals surface area contributed by atoms with E-state index in [4.69, 9.17) is 23.2 Å². The van der Waals surface area contributed by atoms with Crippen LogP contribution in [0, 0.1) is 5.41 Å². The van der Waals surface area contributed by atoms with Crippen molar-refractivity contribution in [3.8, 4) is 0 Å². The number of nitrogens with zero attached hydrogens (tertiary/aromatic N) is 2. The Kier molecular flexibility index (Phi) is 5.95. The van der Waals surface area contributed by atoms with Crippen molar-refractivity contribution in [1.29, 1.82) is 0 Å². The first-order valence-electron chi connectivity index (χ1n) is 7.94. The van der Waals surface area contributed by atoms with E-state index in [9.17, 15) is 14.4 Å². The predicted molar refractivity (Wildman–Crippen MR) is 97.7 cm³/mol. The van der Waals surface area contributed by atoms with Gasteiger partial charge in [0.25, 0.3) is 0 Å². The monoisotopic (exact) mass is 385 g/mol. The third kappa shape index (κ3) is 4.44. The highest BCUT2D eigenvalue weighted by Crippen LogP contribution is 2.27. The van der Waals surface area contributed by atoms with E-state index in [0.717, 1.165) is 0 Å². The van der Waals surface area contributed by atoms with E-state index in [-0.39, 0.29) is 11.8 Å². The molecule has 1 fully saturated rings. The third-order valence-electron chi connectivity index (χ3n) is 4.29. The Morgan fingerprint density at radius 3 is 2.08 bits per heavy atom. The number of hydrogen-bond donors (Lipinski definition) is 1. The summed E-state index contributed by atoms with van der Waals surface area (Å²) in [6.07, 6.45) is 0. The summed E-state index contributed by atoms with van der Waals surface area (Å²) in [6, 6.07) is 4.74. The summed E-state index contributed by atoms with van der Waals surface area (Å²) in [5.41, 5.74) is -0.772. The van der Waals surface area contributed by atoms with E-state index in [1.807, 2.05) is 0 Å². The van der Waals surface area contributed by atoms with Crippen LogP contribution in [-0.2, 0) is 14.4 Å². The molecule has 1 aliphatic rings. The molecule has 1 N–H and O–H groups in total. The van der Waals surface area contributed by atoms with Gasteiger partial charge in [0.2, 0.25) is 17.7 Å². The first-order chi connectivity index (χ1) is 11.6. The molecule has 25 heavy (non-hydrogen) atoms. The quantitative estimate of drug-likeness (QED) is 0.812. The van der Waals surface area contributed by atoms with Gasteiger partial charge in [0.1, 0.15) is 5.41 Å². The molecular formula is C17H21Cl2N3O3. The minimum absolute atomic E-state index is 0.0104. The Balaban J connectivity index is 2.03. The van der Waals surface area contributed by atoms with Crippen LogP contribution >= 0.6 is 23.2 Å². The Hall–Kier alpha value is -1.79. The normalized spacial score (nSPS) is 15.1. The second-order valence-corrected chi connectivity index (χ2v) is 7.32. The molecule has 0 spiro atoms. The summed E-state index contributed by atoms with van der Waals surface area (Å²) < 4.78 is 0. The maximum Gasteiger partial charge on any atom is 0.239 e. The SMILES string of the molecule is CC(=O)N1CCN(C(=O)C(C)(C)C(=O)Nc2ccc(Cl)c(Cl)c2)CC1. The molecule has 0 saturated carbocycles. The largest absolute Gasteiger partial charge is 0.339 e. The number of hydrogen-bond acceptors (Lipinski definition) is 3. The molecule has 0 aliphatic carbocycles. The highest BCUT2D eigenvalue weighted by atomic mass is 35.5. The van der Waals surface area contributed by atoms with Crippen LogP contribution in [0.4, 0.5) is 5.69 Å². The Morgan fingerprint density at radius 1 is 1.00 bits per heavy atom. The molecule has 0 radical (unpaired) electrons. The van der Waals surface area contributed by atoms with Crippen LogP contribution in [-0.4, -0.2) is 53.7 Å². The van der Waals surface area contributed by atoms with Gasteiger partial charge in [-0.1, -0.05) is 23.2 Å². The van der Waals surface area contributed by atoms with Crippen molar-refractivity contribution in [2.24, 2.45) is 5.41 Å². The molecule has 3 amide bonds. The average molecular weight is 386 g/mol. The number of anilines is 1. The molecule has 1 saturated heterocycles. The lowest BCUT2D eigenvalue weighted by Crippen LogP contribution is -2.55. The molecule has 0 atom stereocenters. The number of benzene rings is 1. The lowest BCUT2D eigenvalue weighted by Gasteiger charge is -2.37. The van der Waals surface area contributed by atoms with Gasteiger partial charge in [0, 0.05) is 38.8 Å². The second-order valence-electron chi connectivity index (χ2n) is 6.51. The van der Waals surface area contributed by atoms with Crippen LogP contribution in [0.3, 0.4) is 0 Å². The maximum atomic E-state index is 12.8. The van der Waals surface area contributed by atoms with Crippen molar-refractivity contribution in [3.05, 3.63) is 28.2 Å². The molecule has 6 nitrogen and oxygen atoms in total. The summed E-state index contributed by atoms with van der Waals surface area (Å²) in [5, 5.41) is 3.41. The molecule has 2 rings (SSSR count).